The van der Waals surface area contributed by atoms with E-state index in [1.54, 1.807) is 13.8 Å². The fourth-order valence-electron chi connectivity index (χ4n) is 1.49. The van der Waals surface area contributed by atoms with Crippen LogP contribution in [0, 0.1) is 5.92 Å². The Balaban J connectivity index is 4.53. The van der Waals surface area contributed by atoms with Crippen LogP contribution in [0.2, 0.25) is 0 Å². The number of ether oxygens (including phenoxy) is 2. The van der Waals surface area contributed by atoms with Crippen LogP contribution in [0.4, 0.5) is 26.7 Å². The summed E-state index contributed by atoms with van der Waals surface area (Å²) in [4.78, 5) is 34.2. The van der Waals surface area contributed by atoms with Gasteiger partial charge in [-0.05, 0) is 12.3 Å². The number of alkyl carbamates (subject to hydrolysis) is 1. The molecule has 0 bridgehead atoms. The van der Waals surface area contributed by atoms with Crippen LogP contribution in [-0.4, -0.2) is 56.4 Å². The Morgan fingerprint density at radius 2 is 1.64 bits per heavy atom. The molecular weight excluding hydrogens is 359 g/mol. The van der Waals surface area contributed by atoms with Gasteiger partial charge in [0.05, 0.1) is 7.11 Å². The fraction of sp³-hybridized carbons (Fsp3) is 0.769. The molecule has 0 aromatic rings. The van der Waals surface area contributed by atoms with Crippen LogP contribution in [0.25, 0.3) is 0 Å². The van der Waals surface area contributed by atoms with Crippen LogP contribution in [0.5, 0.6) is 0 Å². The van der Waals surface area contributed by atoms with Crippen molar-refractivity contribution in [1.29, 1.82) is 0 Å². The van der Waals surface area contributed by atoms with Crippen molar-refractivity contribution < 1.29 is 45.8 Å². The number of nitrogens with one attached hydrogen (secondary N) is 2. The Morgan fingerprint density at radius 1 is 1.08 bits per heavy atom. The Labute approximate surface area is 140 Å². The van der Waals surface area contributed by atoms with Crippen molar-refractivity contribution in [2.24, 2.45) is 5.92 Å². The molecule has 1 atom stereocenters. The number of carbonyl (C=O) groups excluding carboxylic acids is 3. The lowest BCUT2D eigenvalue weighted by Crippen LogP contribution is -2.49. The first-order valence-corrected chi connectivity index (χ1v) is 7.02. The number of rotatable bonds is 8. The first-order chi connectivity index (χ1) is 11.3. The van der Waals surface area contributed by atoms with Gasteiger partial charge < -0.3 is 20.1 Å². The van der Waals surface area contributed by atoms with Gasteiger partial charge in [-0.3, -0.25) is 9.59 Å². The van der Waals surface area contributed by atoms with Crippen LogP contribution in [0.1, 0.15) is 20.3 Å². The van der Waals surface area contributed by atoms with Gasteiger partial charge in [-0.2, -0.15) is 22.0 Å². The van der Waals surface area contributed by atoms with Crippen LogP contribution >= 0.6 is 0 Å². The summed E-state index contributed by atoms with van der Waals surface area (Å²) in [6, 6.07) is -1.09. The second kappa shape index (κ2) is 9.37. The molecule has 7 nitrogen and oxygen atoms in total. The van der Waals surface area contributed by atoms with E-state index in [0.717, 1.165) is 7.11 Å². The molecular formula is C13H19F5N2O5. The minimum absolute atomic E-state index is 0.0367. The highest BCUT2D eigenvalue weighted by atomic mass is 19.4. The molecule has 0 aromatic heterocycles. The van der Waals surface area contributed by atoms with Gasteiger partial charge in [0.25, 0.3) is 0 Å². The highest BCUT2D eigenvalue weighted by Crippen LogP contribution is 2.35. The van der Waals surface area contributed by atoms with Crippen molar-refractivity contribution >= 4 is 18.0 Å². The first kappa shape index (κ1) is 22.9. The summed E-state index contributed by atoms with van der Waals surface area (Å²) in [6.45, 7) is 0.352. The maximum Gasteiger partial charge on any atom is 0.456 e. The van der Waals surface area contributed by atoms with E-state index >= 15 is 0 Å². The molecule has 2 N–H and O–H groups in total. The molecule has 0 aromatic carbocycles. The summed E-state index contributed by atoms with van der Waals surface area (Å²) in [5, 5.41) is 4.19. The highest BCUT2D eigenvalue weighted by Gasteiger charge is 2.58. The van der Waals surface area contributed by atoms with Gasteiger partial charge in [0.1, 0.15) is 12.6 Å². The number of amides is 2. The molecule has 2 amide bonds. The van der Waals surface area contributed by atoms with E-state index < -0.39 is 49.3 Å². The van der Waals surface area contributed by atoms with Crippen molar-refractivity contribution in [3.8, 4) is 0 Å². The van der Waals surface area contributed by atoms with E-state index in [4.69, 9.17) is 0 Å². The molecule has 0 saturated carbocycles. The van der Waals surface area contributed by atoms with Crippen LogP contribution in [0.3, 0.4) is 0 Å². The van der Waals surface area contributed by atoms with E-state index in [2.05, 4.69) is 14.8 Å². The van der Waals surface area contributed by atoms with Gasteiger partial charge in [-0.1, -0.05) is 13.8 Å². The van der Waals surface area contributed by atoms with Crippen molar-refractivity contribution in [3.63, 3.8) is 0 Å². The maximum absolute atomic E-state index is 12.6. The van der Waals surface area contributed by atoms with E-state index in [9.17, 15) is 36.3 Å². The van der Waals surface area contributed by atoms with Crippen LogP contribution < -0.4 is 10.6 Å². The van der Waals surface area contributed by atoms with Gasteiger partial charge in [0.2, 0.25) is 5.91 Å². The quantitative estimate of drug-likeness (QED) is 0.495. The third-order valence-corrected chi connectivity index (χ3v) is 2.74. The zero-order valence-electron chi connectivity index (χ0n) is 13.7. The minimum Gasteiger partial charge on any atom is -0.458 e. The molecule has 0 saturated heterocycles. The number of esters is 1. The molecule has 0 aliphatic rings. The summed E-state index contributed by atoms with van der Waals surface area (Å²) >= 11 is 0. The summed E-state index contributed by atoms with van der Waals surface area (Å²) in [7, 11) is 1.07. The van der Waals surface area contributed by atoms with Crippen molar-refractivity contribution in [2.45, 2.75) is 38.4 Å². The third-order valence-electron chi connectivity index (χ3n) is 2.74. The molecule has 0 aliphatic heterocycles. The van der Waals surface area contributed by atoms with Gasteiger partial charge in [0, 0.05) is 0 Å². The number of alkyl halides is 5. The number of carbonyl (C=O) groups is 3. The molecule has 0 heterocycles. The van der Waals surface area contributed by atoms with E-state index in [0.29, 0.717) is 0 Å². The minimum atomic E-state index is -5.86. The van der Waals surface area contributed by atoms with Gasteiger partial charge in [-0.15, -0.1) is 0 Å². The monoisotopic (exact) mass is 378 g/mol. The molecule has 0 rings (SSSR count). The molecule has 0 aliphatic carbocycles. The normalized spacial score (nSPS) is 13.2. The van der Waals surface area contributed by atoms with E-state index in [1.165, 1.54) is 0 Å². The number of methoxy groups -OCH3 is 1. The van der Waals surface area contributed by atoms with Gasteiger partial charge in [-0.25, -0.2) is 4.79 Å². The predicted octanol–water partition coefficient (Wildman–Crippen LogP) is 1.61. The third kappa shape index (κ3) is 8.49. The SMILES string of the molecule is COC(=O)NC(CC(C)C)C(=O)NCC(=O)OCC(F)(F)C(F)(F)F. The molecule has 0 spiro atoms. The summed E-state index contributed by atoms with van der Waals surface area (Å²) in [6.07, 6.45) is -6.60. The zero-order valence-corrected chi connectivity index (χ0v) is 13.7. The molecule has 0 fully saturated rings. The molecule has 1 unspecified atom stereocenters. The average Bonchev–Trinajstić information content (AvgIpc) is 2.48. The predicted molar refractivity (Wildman–Crippen MR) is 73.8 cm³/mol. The molecule has 12 heteroatoms. The summed E-state index contributed by atoms with van der Waals surface area (Å²) in [5.74, 6) is -7.57. The largest absolute Gasteiger partial charge is 0.458 e. The highest BCUT2D eigenvalue weighted by molar-refractivity contribution is 5.88. The van der Waals surface area contributed by atoms with Gasteiger partial charge in [0.15, 0.2) is 6.61 Å². The standard InChI is InChI=1S/C13H19F5N2O5/c1-7(2)4-8(20-11(23)24-3)10(22)19-5-9(21)25-6-12(14,15)13(16,17)18/h7-8H,4-6H2,1-3H3,(H,19,22)(H,20,23). The molecule has 0 radical (unpaired) electrons. The number of halogens is 5. The number of hydrogen-bond donors (Lipinski definition) is 2. The topological polar surface area (TPSA) is 93.7 Å². The second-order valence-corrected chi connectivity index (χ2v) is 5.40. The molecule has 146 valence electrons. The van der Waals surface area contributed by atoms with Gasteiger partial charge >= 0.3 is 24.2 Å². The summed E-state index contributed by atoms with van der Waals surface area (Å²) in [5.41, 5.74) is 0. The Morgan fingerprint density at radius 3 is 2.08 bits per heavy atom. The average molecular weight is 378 g/mol. The van der Waals surface area contributed by atoms with E-state index in [1.807, 2.05) is 5.32 Å². The van der Waals surface area contributed by atoms with Crippen LogP contribution in [-0.2, 0) is 19.1 Å². The Hall–Kier alpha value is -2.14. The lowest BCUT2D eigenvalue weighted by molar-refractivity contribution is -0.294. The Kier molecular flexibility index (Phi) is 8.57. The Bertz CT molecular complexity index is 482. The summed E-state index contributed by atoms with van der Waals surface area (Å²) < 4.78 is 69.1. The van der Waals surface area contributed by atoms with Crippen molar-refractivity contribution in [3.05, 3.63) is 0 Å². The van der Waals surface area contributed by atoms with Crippen LogP contribution in [0.15, 0.2) is 0 Å². The smallest absolute Gasteiger partial charge is 0.456 e. The lowest BCUT2D eigenvalue weighted by Gasteiger charge is -2.20. The number of hydrogen-bond acceptors (Lipinski definition) is 5. The van der Waals surface area contributed by atoms with E-state index in [-0.39, 0.29) is 12.3 Å². The zero-order chi connectivity index (χ0) is 19.8. The first-order valence-electron chi connectivity index (χ1n) is 7.02. The maximum atomic E-state index is 12.6. The molecule has 25 heavy (non-hydrogen) atoms. The van der Waals surface area contributed by atoms with Crippen molar-refractivity contribution in [2.75, 3.05) is 20.3 Å². The fourth-order valence-corrected chi connectivity index (χ4v) is 1.49. The second-order valence-electron chi connectivity index (χ2n) is 5.40. The van der Waals surface area contributed by atoms with Crippen molar-refractivity contribution in [1.82, 2.24) is 10.6 Å². The lowest BCUT2D eigenvalue weighted by atomic mass is 10.0.